The van der Waals surface area contributed by atoms with Crippen molar-refractivity contribution >= 4 is 73.7 Å². The van der Waals surface area contributed by atoms with Gasteiger partial charge < -0.3 is 0 Å². The second-order valence-corrected chi connectivity index (χ2v) is 3.75. The van der Waals surface area contributed by atoms with E-state index in [4.69, 9.17) is 23.6 Å². The van der Waals surface area contributed by atoms with Gasteiger partial charge in [0.05, 0.1) is 16.1 Å². The number of rotatable bonds is 3. The van der Waals surface area contributed by atoms with Gasteiger partial charge in [0.1, 0.15) is 0 Å². The molecule has 1 aromatic heterocycles. The topological polar surface area (TPSA) is 66.0 Å². The summed E-state index contributed by atoms with van der Waals surface area (Å²) < 4.78 is 3.57. The van der Waals surface area contributed by atoms with Crippen molar-refractivity contribution in [3.8, 4) is 0 Å². The molecule has 0 aromatic carbocycles. The highest BCUT2D eigenvalue weighted by atomic mass is 79.9. The predicted molar refractivity (Wildman–Crippen MR) is 59.1 cm³/mol. The van der Waals surface area contributed by atoms with Gasteiger partial charge in [-0.2, -0.15) is 18.4 Å². The highest BCUT2D eigenvalue weighted by Crippen LogP contribution is 2.18. The van der Waals surface area contributed by atoms with E-state index in [1.54, 1.807) is 0 Å². The molecular formula is C3H2Br2Cl2N6. The summed E-state index contributed by atoms with van der Waals surface area (Å²) in [7, 11) is 0. The van der Waals surface area contributed by atoms with Gasteiger partial charge in [-0.15, -0.1) is 0 Å². The van der Waals surface area contributed by atoms with Gasteiger partial charge in [0.15, 0.2) is 0 Å². The molecule has 1 rings (SSSR count). The van der Waals surface area contributed by atoms with E-state index in [9.17, 15) is 0 Å². The lowest BCUT2D eigenvalue weighted by Crippen LogP contribution is -2.04. The van der Waals surface area contributed by atoms with Gasteiger partial charge in [0, 0.05) is 39.7 Å². The van der Waals surface area contributed by atoms with Crippen LogP contribution in [0.15, 0.2) is 0 Å². The first-order valence-electron chi connectivity index (χ1n) is 2.78. The van der Waals surface area contributed by atoms with E-state index in [0.717, 1.165) is 3.45 Å². The maximum absolute atomic E-state index is 5.54. The second kappa shape index (κ2) is 4.99. The van der Waals surface area contributed by atoms with Crippen LogP contribution in [-0.2, 0) is 0 Å². The Morgan fingerprint density at radius 3 is 2.31 bits per heavy atom. The van der Waals surface area contributed by atoms with Crippen molar-refractivity contribution in [2.75, 3.05) is 12.6 Å². The molecule has 0 radical (unpaired) electrons. The molecule has 0 aliphatic carbocycles. The van der Waals surface area contributed by atoms with E-state index in [0.29, 0.717) is 0 Å². The first-order chi connectivity index (χ1) is 6.17. The van der Waals surface area contributed by atoms with Crippen LogP contribution in [0.2, 0.25) is 0 Å². The number of halogens is 4. The fourth-order valence-electron chi connectivity index (χ4n) is 0.525. The van der Waals surface area contributed by atoms with Crippen LogP contribution >= 0.6 is 55.8 Å². The van der Waals surface area contributed by atoms with E-state index < -0.39 is 0 Å². The van der Waals surface area contributed by atoms with E-state index in [-0.39, 0.29) is 17.8 Å². The molecule has 0 saturated carbocycles. The minimum absolute atomic E-state index is 0.179. The lowest BCUT2D eigenvalue weighted by Gasteiger charge is -2.06. The lowest BCUT2D eigenvalue weighted by atomic mass is 10.8. The average Bonchev–Trinajstić information content (AvgIpc) is 2.16. The molecule has 0 spiro atoms. The van der Waals surface area contributed by atoms with E-state index in [1.165, 1.54) is 0 Å². The predicted octanol–water partition coefficient (Wildman–Crippen LogP) is 2.43. The maximum atomic E-state index is 5.54. The molecule has 0 atom stereocenters. The number of anilines is 3. The maximum Gasteiger partial charge on any atom is 0.257 e. The van der Waals surface area contributed by atoms with Crippen molar-refractivity contribution in [3.63, 3.8) is 0 Å². The van der Waals surface area contributed by atoms with Crippen molar-refractivity contribution in [1.82, 2.24) is 15.0 Å². The van der Waals surface area contributed by atoms with E-state index in [1.807, 2.05) is 0 Å². The summed E-state index contributed by atoms with van der Waals surface area (Å²) in [5, 5.41) is 0. The third-order valence-corrected chi connectivity index (χ3v) is 1.94. The van der Waals surface area contributed by atoms with Crippen LogP contribution in [0.4, 0.5) is 17.8 Å². The van der Waals surface area contributed by atoms with Crippen molar-refractivity contribution < 1.29 is 0 Å². The van der Waals surface area contributed by atoms with Crippen LogP contribution in [0.3, 0.4) is 0 Å². The number of nitrogens with zero attached hydrogens (tertiary/aromatic N) is 4. The number of hydrogen-bond acceptors (Lipinski definition) is 6. The number of aromatic nitrogens is 3. The summed E-state index contributed by atoms with van der Waals surface area (Å²) in [6.07, 6.45) is 0. The third-order valence-electron chi connectivity index (χ3n) is 0.944. The molecule has 2 N–H and O–H groups in total. The molecular weight excluding hydrogens is 351 g/mol. The Labute approximate surface area is 101 Å². The summed E-state index contributed by atoms with van der Waals surface area (Å²) >= 11 is 16.7. The Morgan fingerprint density at radius 1 is 1.23 bits per heavy atom. The minimum Gasteiger partial charge on any atom is -0.291 e. The fraction of sp³-hybridized carbons (Fsp3) is 0. The number of hydrogen-bond donors (Lipinski definition) is 2. The van der Waals surface area contributed by atoms with Crippen LogP contribution in [0, 0.1) is 0 Å². The first kappa shape index (κ1) is 11.0. The molecule has 1 heterocycles. The summed E-state index contributed by atoms with van der Waals surface area (Å²) in [5.41, 5.74) is 0. The van der Waals surface area contributed by atoms with Gasteiger partial charge >= 0.3 is 0 Å². The normalized spacial score (nSPS) is 9.54. The van der Waals surface area contributed by atoms with Gasteiger partial charge in [-0.1, -0.05) is 0 Å². The van der Waals surface area contributed by atoms with Crippen molar-refractivity contribution in [3.05, 3.63) is 0 Å². The zero-order chi connectivity index (χ0) is 9.84. The van der Waals surface area contributed by atoms with Crippen molar-refractivity contribution in [1.29, 1.82) is 0 Å². The fourth-order valence-corrected chi connectivity index (χ4v) is 1.02. The summed E-state index contributed by atoms with van der Waals surface area (Å²) in [6.45, 7) is 0. The Kier molecular flexibility index (Phi) is 4.23. The molecule has 0 amide bonds. The molecule has 13 heavy (non-hydrogen) atoms. The molecule has 0 saturated heterocycles. The van der Waals surface area contributed by atoms with Crippen LogP contribution in [0.1, 0.15) is 0 Å². The molecule has 72 valence electrons. The quantitative estimate of drug-likeness (QED) is 0.814. The van der Waals surface area contributed by atoms with Crippen LogP contribution in [0.25, 0.3) is 0 Å². The van der Waals surface area contributed by atoms with Crippen molar-refractivity contribution in [2.45, 2.75) is 0 Å². The molecule has 0 fully saturated rings. The van der Waals surface area contributed by atoms with E-state index in [2.05, 4.69) is 56.4 Å². The van der Waals surface area contributed by atoms with Crippen LogP contribution in [0.5, 0.6) is 0 Å². The summed E-state index contributed by atoms with van der Waals surface area (Å²) in [5.74, 6) is 0.652. The standard InChI is InChI=1S/C3H2Br2Cl2N6/c4-11-1-8-2(12-6)10-3(9-1)13(5)7/h(H2,8,9,10,11,12). The molecule has 0 bridgehead atoms. The zero-order valence-corrected chi connectivity index (χ0v) is 10.5. The lowest BCUT2D eigenvalue weighted by molar-refractivity contribution is 1.08. The second-order valence-electron chi connectivity index (χ2n) is 1.70. The summed E-state index contributed by atoms with van der Waals surface area (Å²) in [4.78, 5) is 13.8. The van der Waals surface area contributed by atoms with Gasteiger partial charge in [-0.05, 0) is 0 Å². The summed E-state index contributed by atoms with van der Waals surface area (Å²) in [6, 6.07) is 0. The molecule has 0 unspecified atom stereocenters. The van der Waals surface area contributed by atoms with Gasteiger partial charge in [0.25, 0.3) is 5.95 Å². The highest BCUT2D eigenvalue weighted by molar-refractivity contribution is 9.10. The largest absolute Gasteiger partial charge is 0.291 e. The van der Waals surface area contributed by atoms with Gasteiger partial charge in [-0.3, -0.25) is 9.18 Å². The SMILES string of the molecule is ClNc1nc(NBr)nc(N(Cl)Br)n1. The Balaban J connectivity index is 3.07. The molecule has 10 heteroatoms. The molecule has 1 aromatic rings. The first-order valence-corrected chi connectivity index (χ1v) is 5.00. The Morgan fingerprint density at radius 2 is 1.85 bits per heavy atom. The Bertz CT molecular complexity index is 273. The van der Waals surface area contributed by atoms with Crippen molar-refractivity contribution in [2.24, 2.45) is 0 Å². The molecule has 0 aliphatic heterocycles. The highest BCUT2D eigenvalue weighted by Gasteiger charge is 2.08. The molecule has 0 aliphatic rings. The van der Waals surface area contributed by atoms with Gasteiger partial charge in [-0.25, -0.2) is 0 Å². The number of nitrogens with one attached hydrogen (secondary N) is 2. The van der Waals surface area contributed by atoms with Gasteiger partial charge in [0.2, 0.25) is 11.9 Å². The average molecular weight is 353 g/mol. The smallest absolute Gasteiger partial charge is 0.257 e. The van der Waals surface area contributed by atoms with Crippen LogP contribution < -0.4 is 12.6 Å². The minimum atomic E-state index is 0.179. The zero-order valence-electron chi connectivity index (χ0n) is 5.80. The monoisotopic (exact) mass is 350 g/mol. The Hall–Kier alpha value is -0.0500. The van der Waals surface area contributed by atoms with E-state index >= 15 is 0 Å². The third kappa shape index (κ3) is 2.97. The molecule has 6 nitrogen and oxygen atoms in total. The van der Waals surface area contributed by atoms with Crippen LogP contribution in [-0.4, -0.2) is 15.0 Å².